The third-order valence-corrected chi connectivity index (χ3v) is 4.60. The summed E-state index contributed by atoms with van der Waals surface area (Å²) in [5.74, 6) is -0.140. The van der Waals surface area contributed by atoms with Gasteiger partial charge in [-0.05, 0) is 30.7 Å². The van der Waals surface area contributed by atoms with Gasteiger partial charge in [-0.1, -0.05) is 18.2 Å². The first kappa shape index (κ1) is 15.4. The lowest BCUT2D eigenvalue weighted by Crippen LogP contribution is -2.31. The van der Waals surface area contributed by atoms with Crippen LogP contribution in [0.1, 0.15) is 16.8 Å². The Kier molecular flexibility index (Phi) is 3.72. The molecule has 6 heteroatoms. The van der Waals surface area contributed by atoms with E-state index >= 15 is 0 Å². The number of nitrogens with two attached hydrogens (primary N) is 1. The maximum absolute atomic E-state index is 13.1. The van der Waals surface area contributed by atoms with E-state index in [9.17, 15) is 9.59 Å². The van der Waals surface area contributed by atoms with Crippen molar-refractivity contribution in [1.29, 1.82) is 0 Å². The van der Waals surface area contributed by atoms with E-state index in [1.165, 1.54) is 0 Å². The Morgan fingerprint density at radius 3 is 2.76 bits per heavy atom. The van der Waals surface area contributed by atoms with Gasteiger partial charge in [0.1, 0.15) is 5.69 Å². The topological polar surface area (TPSA) is 89.4 Å². The predicted octanol–water partition coefficient (Wildman–Crippen LogP) is 2.44. The summed E-state index contributed by atoms with van der Waals surface area (Å²) in [4.78, 5) is 30.7. The number of primary amides is 1. The lowest BCUT2D eigenvalue weighted by molar-refractivity contribution is -0.121. The van der Waals surface area contributed by atoms with Gasteiger partial charge in [0.2, 0.25) is 5.91 Å². The quantitative estimate of drug-likeness (QED) is 0.796. The molecule has 1 aliphatic heterocycles. The van der Waals surface area contributed by atoms with Crippen molar-refractivity contribution >= 4 is 22.7 Å². The van der Waals surface area contributed by atoms with Crippen molar-refractivity contribution in [2.45, 2.75) is 6.42 Å². The molecular formula is C19H17N3O3. The number of rotatable bonds is 3. The number of hydrogen-bond acceptors (Lipinski definition) is 4. The summed E-state index contributed by atoms with van der Waals surface area (Å²) in [7, 11) is 0. The molecule has 3 heterocycles. The van der Waals surface area contributed by atoms with Crippen LogP contribution < -0.4 is 5.73 Å². The molecule has 0 radical (unpaired) electrons. The van der Waals surface area contributed by atoms with Crippen molar-refractivity contribution in [1.82, 2.24) is 9.88 Å². The number of furan rings is 1. The molecule has 126 valence electrons. The van der Waals surface area contributed by atoms with Gasteiger partial charge in [-0.15, -0.1) is 0 Å². The lowest BCUT2D eigenvalue weighted by atomic mass is 10.1. The number of carbonyl (C=O) groups excluding carboxylic acids is 2. The molecule has 2 aromatic heterocycles. The highest BCUT2D eigenvalue weighted by Crippen LogP contribution is 2.27. The van der Waals surface area contributed by atoms with Gasteiger partial charge in [0.15, 0.2) is 5.76 Å². The van der Waals surface area contributed by atoms with Crippen LogP contribution in [0.3, 0.4) is 0 Å². The monoisotopic (exact) mass is 335 g/mol. The number of fused-ring (bicyclic) bond motifs is 1. The number of aromatic nitrogens is 1. The Labute approximate surface area is 144 Å². The first-order chi connectivity index (χ1) is 12.1. The summed E-state index contributed by atoms with van der Waals surface area (Å²) in [6.07, 6.45) is 2.18. The summed E-state index contributed by atoms with van der Waals surface area (Å²) in [5, 5.41) is 0.783. The van der Waals surface area contributed by atoms with Crippen molar-refractivity contribution in [3.8, 4) is 11.5 Å². The summed E-state index contributed by atoms with van der Waals surface area (Å²) < 4.78 is 5.43. The summed E-state index contributed by atoms with van der Waals surface area (Å²) in [6.45, 7) is 0.889. The second-order valence-corrected chi connectivity index (χ2v) is 6.19. The van der Waals surface area contributed by atoms with Crippen LogP contribution in [0.25, 0.3) is 22.4 Å². The van der Waals surface area contributed by atoms with E-state index in [2.05, 4.69) is 4.98 Å². The fourth-order valence-corrected chi connectivity index (χ4v) is 3.25. The van der Waals surface area contributed by atoms with E-state index < -0.39 is 0 Å². The van der Waals surface area contributed by atoms with Gasteiger partial charge < -0.3 is 15.1 Å². The Hall–Kier alpha value is -3.15. The Balaban J connectivity index is 1.78. The fraction of sp³-hybridized carbons (Fsp3) is 0.211. The van der Waals surface area contributed by atoms with Crippen molar-refractivity contribution in [3.05, 3.63) is 54.3 Å². The number of nitrogens with zero attached hydrogens (tertiary/aromatic N) is 2. The average Bonchev–Trinajstić information content (AvgIpc) is 3.31. The third kappa shape index (κ3) is 2.76. The molecule has 4 rings (SSSR count). The van der Waals surface area contributed by atoms with Gasteiger partial charge >= 0.3 is 0 Å². The van der Waals surface area contributed by atoms with E-state index in [0.29, 0.717) is 36.5 Å². The smallest absolute Gasteiger partial charge is 0.254 e. The van der Waals surface area contributed by atoms with Gasteiger partial charge in [0.05, 0.1) is 23.3 Å². The second-order valence-electron chi connectivity index (χ2n) is 6.19. The minimum Gasteiger partial charge on any atom is -0.463 e. The maximum Gasteiger partial charge on any atom is 0.254 e. The molecule has 1 saturated heterocycles. The van der Waals surface area contributed by atoms with E-state index in [-0.39, 0.29) is 17.7 Å². The minimum atomic E-state index is -0.355. The van der Waals surface area contributed by atoms with Crippen molar-refractivity contribution < 1.29 is 14.0 Å². The standard InChI is InChI=1S/C19H17N3O3/c20-18(23)12-7-8-22(11-12)19(24)14-10-16(17-6-3-9-25-17)21-15-5-2-1-4-13(14)15/h1-6,9-10,12H,7-8,11H2,(H2,20,23)/t12-/m0/s1. The zero-order valence-electron chi connectivity index (χ0n) is 13.5. The SMILES string of the molecule is NC(=O)[C@H]1CCN(C(=O)c2cc(-c3ccco3)nc3ccccc23)C1. The Morgan fingerprint density at radius 1 is 1.20 bits per heavy atom. The molecule has 3 aromatic rings. The van der Waals surface area contributed by atoms with E-state index in [0.717, 1.165) is 10.9 Å². The largest absolute Gasteiger partial charge is 0.463 e. The first-order valence-electron chi connectivity index (χ1n) is 8.16. The third-order valence-electron chi connectivity index (χ3n) is 4.60. The van der Waals surface area contributed by atoms with Crippen LogP contribution in [0.4, 0.5) is 0 Å². The molecule has 0 spiro atoms. The van der Waals surface area contributed by atoms with Crippen molar-refractivity contribution in [2.75, 3.05) is 13.1 Å². The summed E-state index contributed by atoms with van der Waals surface area (Å²) in [5.41, 5.74) is 7.27. The molecule has 2 amide bonds. The van der Waals surface area contributed by atoms with Gasteiger partial charge in [0, 0.05) is 18.5 Å². The molecule has 6 nitrogen and oxygen atoms in total. The van der Waals surface area contributed by atoms with Crippen LogP contribution in [0.5, 0.6) is 0 Å². The van der Waals surface area contributed by atoms with E-state index in [1.807, 2.05) is 30.3 Å². The van der Waals surface area contributed by atoms with Crippen LogP contribution in [-0.4, -0.2) is 34.8 Å². The normalized spacial score (nSPS) is 17.1. The van der Waals surface area contributed by atoms with Crippen LogP contribution in [0, 0.1) is 5.92 Å². The molecule has 1 fully saturated rings. The molecule has 1 aliphatic rings. The highest BCUT2D eigenvalue weighted by atomic mass is 16.3. The highest BCUT2D eigenvalue weighted by Gasteiger charge is 2.31. The van der Waals surface area contributed by atoms with Gasteiger partial charge in [-0.25, -0.2) is 4.98 Å². The van der Waals surface area contributed by atoms with Crippen LogP contribution in [-0.2, 0) is 4.79 Å². The first-order valence-corrected chi connectivity index (χ1v) is 8.16. The molecule has 0 unspecified atom stereocenters. The second kappa shape index (κ2) is 6.05. The predicted molar refractivity (Wildman–Crippen MR) is 92.6 cm³/mol. The van der Waals surface area contributed by atoms with Gasteiger partial charge in [-0.2, -0.15) is 0 Å². The number of hydrogen-bond donors (Lipinski definition) is 1. The summed E-state index contributed by atoms with van der Waals surface area (Å²) >= 11 is 0. The molecule has 2 N–H and O–H groups in total. The fourth-order valence-electron chi connectivity index (χ4n) is 3.25. The van der Waals surface area contributed by atoms with Crippen molar-refractivity contribution in [3.63, 3.8) is 0 Å². The molecule has 25 heavy (non-hydrogen) atoms. The molecule has 0 aliphatic carbocycles. The number of para-hydroxylation sites is 1. The minimum absolute atomic E-state index is 0.116. The molecule has 1 atom stereocenters. The Bertz CT molecular complexity index is 950. The zero-order chi connectivity index (χ0) is 17.4. The number of carbonyl (C=O) groups is 2. The van der Waals surface area contributed by atoms with Crippen LogP contribution >= 0.6 is 0 Å². The molecule has 0 saturated carbocycles. The number of amides is 2. The van der Waals surface area contributed by atoms with Crippen molar-refractivity contribution in [2.24, 2.45) is 11.7 Å². The number of likely N-dealkylation sites (tertiary alicyclic amines) is 1. The van der Waals surface area contributed by atoms with E-state index in [4.69, 9.17) is 10.2 Å². The van der Waals surface area contributed by atoms with Crippen LogP contribution in [0.2, 0.25) is 0 Å². The molecule has 0 bridgehead atoms. The van der Waals surface area contributed by atoms with E-state index in [1.54, 1.807) is 23.3 Å². The highest BCUT2D eigenvalue weighted by molar-refractivity contribution is 6.07. The summed E-state index contributed by atoms with van der Waals surface area (Å²) in [6, 6.07) is 12.9. The zero-order valence-corrected chi connectivity index (χ0v) is 13.5. The molecule has 1 aromatic carbocycles. The average molecular weight is 335 g/mol. The number of pyridine rings is 1. The number of benzene rings is 1. The van der Waals surface area contributed by atoms with Gasteiger partial charge in [-0.3, -0.25) is 9.59 Å². The maximum atomic E-state index is 13.1. The van der Waals surface area contributed by atoms with Crippen LogP contribution in [0.15, 0.2) is 53.1 Å². The van der Waals surface area contributed by atoms with Gasteiger partial charge in [0.25, 0.3) is 5.91 Å². The lowest BCUT2D eigenvalue weighted by Gasteiger charge is -2.17. The Morgan fingerprint density at radius 2 is 2.04 bits per heavy atom. The molecular weight excluding hydrogens is 318 g/mol.